The molecule has 0 fully saturated rings. The van der Waals surface area contributed by atoms with Crippen LogP contribution in [-0.2, 0) is 35.6 Å². The second kappa shape index (κ2) is 24.2. The fraction of sp³-hybridized carbons (Fsp3) is 0.838. The molecule has 1 atom stereocenters. The Bertz CT molecular complexity index is 827. The Morgan fingerprint density at radius 3 is 1.02 bits per heavy atom. The maximum absolute atomic E-state index is 15.3. The molecule has 1 unspecified atom stereocenters. The quantitative estimate of drug-likeness (QED) is 0.0461. The minimum Gasteiger partial charge on any atom is -0.0654 e. The number of rotatable bonds is 29. The number of carbonyl (C=O) groups excluding carboxylic acids is 2. The van der Waals surface area contributed by atoms with E-state index in [1.165, 1.54) is 96.3 Å². The Morgan fingerprint density at radius 1 is 0.535 bits per heavy atom. The molecule has 0 bridgehead atoms. The van der Waals surface area contributed by atoms with Crippen LogP contribution in [0.3, 0.4) is 0 Å². The summed E-state index contributed by atoms with van der Waals surface area (Å²) in [4.78, 5) is 25.9. The van der Waals surface area contributed by atoms with Crippen molar-refractivity contribution in [1.82, 2.24) is 0 Å². The van der Waals surface area contributed by atoms with E-state index in [1.807, 2.05) is 0 Å². The number of unbranched alkanes of at least 4 members (excludes halogenated alkanes) is 19. The summed E-state index contributed by atoms with van der Waals surface area (Å²) < 4.78 is 26.1. The van der Waals surface area contributed by atoms with Gasteiger partial charge in [0.25, 0.3) is 0 Å². The maximum atomic E-state index is 15.3. The molecule has 0 aromatic rings. The molecule has 0 aromatic carbocycles. The van der Waals surface area contributed by atoms with Crippen LogP contribution in [0.5, 0.6) is 0 Å². The van der Waals surface area contributed by atoms with E-state index < -0.39 is 36.4 Å². The average Bonchev–Trinajstić information content (AvgIpc) is 2.95. The normalized spacial score (nSPS) is 12.7. The topological polar surface area (TPSA) is 69.7 Å². The van der Waals surface area contributed by atoms with Crippen LogP contribution in [0, 0.1) is 0 Å². The molecule has 5 nitrogen and oxygen atoms in total. The van der Waals surface area contributed by atoms with Gasteiger partial charge in [-0.25, -0.2) is 0 Å². The molecule has 0 aliphatic rings. The Kier molecular flexibility index (Phi) is 23.6. The van der Waals surface area contributed by atoms with Gasteiger partial charge in [-0.1, -0.05) is 20.3 Å². The van der Waals surface area contributed by atoms with Crippen molar-refractivity contribution in [3.8, 4) is 0 Å². The van der Waals surface area contributed by atoms with Gasteiger partial charge in [0.15, 0.2) is 0 Å². The van der Waals surface area contributed by atoms with Gasteiger partial charge >= 0.3 is 249 Å². The zero-order valence-corrected chi connectivity index (χ0v) is 30.9. The van der Waals surface area contributed by atoms with Crippen molar-refractivity contribution in [1.29, 1.82) is 0 Å². The summed E-state index contributed by atoms with van der Waals surface area (Å²) in [5, 5.41) is 0. The average molecular weight is 643 g/mol. The van der Waals surface area contributed by atoms with E-state index in [0.29, 0.717) is 12.8 Å². The predicted octanol–water partition coefficient (Wildman–Crippen LogP) is 12.7. The number of hydrogen-bond acceptors (Lipinski definition) is 5. The van der Waals surface area contributed by atoms with E-state index >= 15 is 3.32 Å². The van der Waals surface area contributed by atoms with E-state index in [0.717, 1.165) is 38.5 Å². The van der Waals surface area contributed by atoms with Gasteiger partial charge in [-0.15, -0.1) is 0 Å². The van der Waals surface area contributed by atoms with Gasteiger partial charge in [-0.05, 0) is 0 Å². The van der Waals surface area contributed by atoms with Crippen molar-refractivity contribution in [2.75, 3.05) is 0 Å². The molecule has 0 radical (unpaired) electrons. The van der Waals surface area contributed by atoms with Gasteiger partial charge in [0.05, 0.1) is 0 Å². The van der Waals surface area contributed by atoms with Crippen LogP contribution in [0.25, 0.3) is 0 Å². The molecule has 0 aliphatic heterocycles. The van der Waals surface area contributed by atoms with Crippen LogP contribution in [0.2, 0.25) is 8.45 Å². The van der Waals surface area contributed by atoms with Crippen LogP contribution >= 0.6 is 0 Å². The molecule has 0 aromatic heterocycles. The monoisotopic (exact) mass is 642 g/mol. The Hall–Kier alpha value is -1.07. The summed E-state index contributed by atoms with van der Waals surface area (Å²) in [5.41, 5.74) is 0.316. The molecule has 0 rings (SSSR count). The molecule has 43 heavy (non-hydrogen) atoms. The molecule has 6 heteroatoms. The van der Waals surface area contributed by atoms with Crippen LogP contribution < -0.4 is 0 Å². The minimum absolute atomic E-state index is 0.158. The first-order valence-corrected chi connectivity index (χ1v) is 21.8. The number of hydrogen-bond donors (Lipinski definition) is 0. The van der Waals surface area contributed by atoms with Gasteiger partial charge < -0.3 is 0 Å². The van der Waals surface area contributed by atoms with Crippen molar-refractivity contribution in [3.63, 3.8) is 0 Å². The van der Waals surface area contributed by atoms with E-state index in [2.05, 4.69) is 27.0 Å². The van der Waals surface area contributed by atoms with Crippen LogP contribution in [0.4, 0.5) is 0 Å². The Balaban J connectivity index is 5.46. The van der Waals surface area contributed by atoms with Crippen LogP contribution in [-0.4, -0.2) is 11.9 Å². The van der Waals surface area contributed by atoms with Gasteiger partial charge in [0.2, 0.25) is 0 Å². The zero-order chi connectivity index (χ0) is 32.6. The zero-order valence-electron chi connectivity index (χ0n) is 29.4. The van der Waals surface area contributed by atoms with Gasteiger partial charge in [0.1, 0.15) is 0 Å². The van der Waals surface area contributed by atoms with Gasteiger partial charge in [-0.3, -0.25) is 0 Å². The fourth-order valence-corrected chi connectivity index (χ4v) is 12.8. The van der Waals surface area contributed by atoms with E-state index in [-0.39, 0.29) is 11.1 Å². The van der Waals surface area contributed by atoms with Gasteiger partial charge in [0, 0.05) is 0 Å². The van der Waals surface area contributed by atoms with Crippen molar-refractivity contribution in [2.45, 2.75) is 198 Å². The fourth-order valence-electron chi connectivity index (χ4n) is 6.03. The third kappa shape index (κ3) is 17.3. The first kappa shape index (κ1) is 41.9. The summed E-state index contributed by atoms with van der Waals surface area (Å²) in [6.45, 7) is 18.6. The Labute approximate surface area is 268 Å². The molecular formula is C37H70O5Ti. The second-order valence-electron chi connectivity index (χ2n) is 13.6. The Morgan fingerprint density at radius 2 is 0.791 bits per heavy atom. The second-order valence-corrected chi connectivity index (χ2v) is 20.8. The van der Waals surface area contributed by atoms with Crippen molar-refractivity contribution in [2.24, 2.45) is 0 Å². The first-order valence-electron chi connectivity index (χ1n) is 18.1. The van der Waals surface area contributed by atoms with Crippen LogP contribution in [0.15, 0.2) is 24.3 Å². The summed E-state index contributed by atoms with van der Waals surface area (Å²) in [7, 11) is 0. The molecule has 0 heterocycles. The number of carbonyl (C=O) groups is 2. The SMILES string of the molecule is C=C(C)C(=O)[O][Ti](=[O])([O]C(=O)C(=C)C)([CH](C)C)[CH](CCCCCCCCCCCC)CCCCCCCCCCCCC. The first-order chi connectivity index (χ1) is 20.4. The van der Waals surface area contributed by atoms with Crippen molar-refractivity contribution < 1.29 is 35.6 Å². The smallest absolute Gasteiger partial charge is 0.0654 e. The minimum atomic E-state index is -5.95. The third-order valence-corrected chi connectivity index (χ3v) is 17.4. The van der Waals surface area contributed by atoms with E-state index in [9.17, 15) is 9.59 Å². The summed E-state index contributed by atoms with van der Waals surface area (Å²) in [5.74, 6) is -1.47. The molecule has 0 saturated carbocycles. The summed E-state index contributed by atoms with van der Waals surface area (Å²) in [6.07, 6.45) is 26.8. The van der Waals surface area contributed by atoms with Gasteiger partial charge in [-0.2, -0.15) is 0 Å². The molecule has 0 amide bonds. The molecule has 252 valence electrons. The van der Waals surface area contributed by atoms with Crippen LogP contribution in [0.1, 0.15) is 189 Å². The van der Waals surface area contributed by atoms with E-state index in [1.54, 1.807) is 27.7 Å². The van der Waals surface area contributed by atoms with Crippen molar-refractivity contribution in [3.05, 3.63) is 24.3 Å². The van der Waals surface area contributed by atoms with E-state index in [4.69, 9.17) is 6.64 Å². The predicted molar refractivity (Wildman–Crippen MR) is 179 cm³/mol. The molecular weight excluding hydrogens is 572 g/mol. The van der Waals surface area contributed by atoms with Crippen molar-refractivity contribution >= 4 is 11.9 Å². The molecule has 0 spiro atoms. The summed E-state index contributed by atoms with van der Waals surface area (Å²) >= 11 is -5.95. The summed E-state index contributed by atoms with van der Waals surface area (Å²) in [6, 6.07) is 0. The standard InChI is InChI=1S/C26H53.2C4H6O2.C3H7.O.Ti/c1-3-5-7-9-11-13-15-17-19-21-23-25-26-24-22-20-18-16-14-12-10-8-6-4-2;2*1-3(2)4(5)6;1-3-2;;/h25H,3-24,26H2,1-2H3;2*1H2,2H3,(H,5,6);3H,1-2H3;;/q;;;;;+2/p-2. The molecule has 0 saturated heterocycles. The molecule has 0 N–H and O–H groups in total. The molecule has 0 aliphatic carbocycles. The third-order valence-electron chi connectivity index (χ3n) is 9.12.